The Morgan fingerprint density at radius 2 is 1.91 bits per heavy atom. The lowest BCUT2D eigenvalue weighted by atomic mass is 10.1. The predicted molar refractivity (Wildman–Crippen MR) is 91.9 cm³/mol. The van der Waals surface area contributed by atoms with E-state index in [1.165, 1.54) is 5.56 Å². The van der Waals surface area contributed by atoms with Crippen molar-refractivity contribution < 1.29 is 4.74 Å². The number of anilines is 1. The number of aromatic nitrogens is 2. The monoisotopic (exact) mass is 332 g/mol. The van der Waals surface area contributed by atoms with Crippen LogP contribution in [0.15, 0.2) is 36.4 Å². The average Bonchev–Trinajstić information content (AvgIpc) is 2.60. The number of ether oxygens (including phenoxy) is 1. The number of hydrogen-bond acceptors (Lipinski definition) is 5. The van der Waals surface area contributed by atoms with Crippen molar-refractivity contribution in [1.82, 2.24) is 15.3 Å². The number of rotatable bonds is 6. The van der Waals surface area contributed by atoms with Crippen molar-refractivity contribution in [2.24, 2.45) is 0 Å². The van der Waals surface area contributed by atoms with E-state index in [0.717, 1.165) is 50.8 Å². The lowest BCUT2D eigenvalue weighted by Crippen LogP contribution is -2.37. The van der Waals surface area contributed by atoms with Crippen LogP contribution in [-0.2, 0) is 17.7 Å². The van der Waals surface area contributed by atoms with Crippen LogP contribution in [-0.4, -0.2) is 42.8 Å². The van der Waals surface area contributed by atoms with E-state index in [9.17, 15) is 0 Å². The van der Waals surface area contributed by atoms with Crippen LogP contribution in [0.3, 0.4) is 0 Å². The third-order valence-corrected chi connectivity index (χ3v) is 3.98. The summed E-state index contributed by atoms with van der Waals surface area (Å²) in [4.78, 5) is 10.8. The average molecular weight is 333 g/mol. The summed E-state index contributed by atoms with van der Waals surface area (Å²) in [6, 6.07) is 12.4. The van der Waals surface area contributed by atoms with Crippen LogP contribution < -0.4 is 10.2 Å². The highest BCUT2D eigenvalue weighted by atomic mass is 35.5. The number of hydrogen-bond donors (Lipinski definition) is 1. The lowest BCUT2D eigenvalue weighted by molar-refractivity contribution is 0.122. The molecule has 0 aliphatic carbocycles. The Balaban J connectivity index is 1.54. The molecular weight excluding hydrogens is 312 g/mol. The highest BCUT2D eigenvalue weighted by Gasteiger charge is 2.14. The van der Waals surface area contributed by atoms with Gasteiger partial charge in [0.05, 0.1) is 18.9 Å². The molecule has 2 aromatic rings. The molecule has 3 rings (SSSR count). The van der Waals surface area contributed by atoms with Crippen LogP contribution in [0.2, 0.25) is 5.28 Å². The van der Waals surface area contributed by atoms with E-state index in [4.69, 9.17) is 16.3 Å². The van der Waals surface area contributed by atoms with E-state index < -0.39 is 0 Å². The van der Waals surface area contributed by atoms with Crippen LogP contribution in [0.4, 0.5) is 5.82 Å². The van der Waals surface area contributed by atoms with E-state index >= 15 is 0 Å². The zero-order valence-electron chi connectivity index (χ0n) is 13.0. The molecule has 0 spiro atoms. The summed E-state index contributed by atoms with van der Waals surface area (Å²) in [6.07, 6.45) is 0.996. The molecule has 1 aliphatic rings. The van der Waals surface area contributed by atoms with Gasteiger partial charge in [-0.3, -0.25) is 0 Å². The summed E-state index contributed by atoms with van der Waals surface area (Å²) in [5, 5.41) is 3.72. The van der Waals surface area contributed by atoms with Gasteiger partial charge in [-0.05, 0) is 30.1 Å². The van der Waals surface area contributed by atoms with E-state index in [0.29, 0.717) is 11.8 Å². The van der Waals surface area contributed by atoms with Crippen molar-refractivity contribution >= 4 is 17.4 Å². The van der Waals surface area contributed by atoms with E-state index in [2.05, 4.69) is 44.5 Å². The molecule has 0 bridgehead atoms. The van der Waals surface area contributed by atoms with E-state index in [1.54, 1.807) is 0 Å². The Labute approximate surface area is 141 Å². The van der Waals surface area contributed by atoms with Crippen LogP contribution in [0, 0.1) is 0 Å². The number of morpholine rings is 1. The Morgan fingerprint density at radius 1 is 1.13 bits per heavy atom. The fourth-order valence-corrected chi connectivity index (χ4v) is 2.79. The van der Waals surface area contributed by atoms with Crippen LogP contribution in [0.1, 0.15) is 11.3 Å². The number of halogens is 1. The smallest absolute Gasteiger partial charge is 0.224 e. The molecule has 6 heteroatoms. The Morgan fingerprint density at radius 3 is 2.70 bits per heavy atom. The summed E-state index contributed by atoms with van der Waals surface area (Å²) < 4.78 is 5.37. The van der Waals surface area contributed by atoms with Gasteiger partial charge in [0.1, 0.15) is 5.82 Å². The zero-order chi connectivity index (χ0) is 15.9. The second-order valence-corrected chi connectivity index (χ2v) is 5.84. The van der Waals surface area contributed by atoms with Gasteiger partial charge in [0.2, 0.25) is 5.28 Å². The molecule has 0 unspecified atom stereocenters. The van der Waals surface area contributed by atoms with Crippen molar-refractivity contribution in [2.75, 3.05) is 37.7 Å². The Kier molecular flexibility index (Phi) is 5.80. The van der Waals surface area contributed by atoms with Crippen molar-refractivity contribution in [3.63, 3.8) is 0 Å². The first-order chi connectivity index (χ1) is 11.3. The molecule has 0 amide bonds. The standard InChI is InChI=1S/C17H21ClN4O/c18-17-20-15(12-16(21-17)22-8-10-23-11-9-22)13-19-7-6-14-4-2-1-3-5-14/h1-5,12,19H,6-11,13H2. The summed E-state index contributed by atoms with van der Waals surface area (Å²) >= 11 is 6.07. The molecule has 2 heterocycles. The first kappa shape index (κ1) is 16.2. The van der Waals surface area contributed by atoms with Crippen LogP contribution in [0.5, 0.6) is 0 Å². The summed E-state index contributed by atoms with van der Waals surface area (Å²) in [6.45, 7) is 4.73. The van der Waals surface area contributed by atoms with Crippen LogP contribution in [0.25, 0.3) is 0 Å². The maximum atomic E-state index is 6.07. The minimum atomic E-state index is 0.300. The van der Waals surface area contributed by atoms with E-state index in [-0.39, 0.29) is 0 Å². The number of benzene rings is 1. The molecule has 1 aromatic heterocycles. The van der Waals surface area contributed by atoms with Gasteiger partial charge in [-0.15, -0.1) is 0 Å². The van der Waals surface area contributed by atoms with Gasteiger partial charge < -0.3 is 15.0 Å². The van der Waals surface area contributed by atoms with Crippen molar-refractivity contribution in [3.05, 3.63) is 52.9 Å². The zero-order valence-corrected chi connectivity index (χ0v) is 13.8. The molecular formula is C17H21ClN4O. The minimum absolute atomic E-state index is 0.300. The maximum absolute atomic E-state index is 6.07. The molecule has 1 N–H and O–H groups in total. The summed E-state index contributed by atoms with van der Waals surface area (Å²) in [7, 11) is 0. The molecule has 122 valence electrons. The lowest BCUT2D eigenvalue weighted by Gasteiger charge is -2.28. The van der Waals surface area contributed by atoms with Gasteiger partial charge in [-0.1, -0.05) is 30.3 Å². The quantitative estimate of drug-likeness (QED) is 0.650. The molecule has 1 saturated heterocycles. The Bertz CT molecular complexity index is 617. The van der Waals surface area contributed by atoms with E-state index in [1.807, 2.05) is 12.1 Å². The molecule has 0 saturated carbocycles. The van der Waals surface area contributed by atoms with Gasteiger partial charge in [-0.25, -0.2) is 9.97 Å². The normalized spacial score (nSPS) is 14.9. The third-order valence-electron chi connectivity index (χ3n) is 3.81. The molecule has 5 nitrogen and oxygen atoms in total. The summed E-state index contributed by atoms with van der Waals surface area (Å²) in [5.74, 6) is 0.883. The van der Waals surface area contributed by atoms with Crippen molar-refractivity contribution in [1.29, 1.82) is 0 Å². The topological polar surface area (TPSA) is 50.3 Å². The highest BCUT2D eigenvalue weighted by Crippen LogP contribution is 2.16. The molecule has 0 atom stereocenters. The molecule has 1 aromatic carbocycles. The second kappa shape index (κ2) is 8.24. The minimum Gasteiger partial charge on any atom is -0.378 e. The van der Waals surface area contributed by atoms with Crippen LogP contribution >= 0.6 is 11.6 Å². The first-order valence-electron chi connectivity index (χ1n) is 7.92. The third kappa shape index (κ3) is 4.89. The molecule has 23 heavy (non-hydrogen) atoms. The fraction of sp³-hybridized carbons (Fsp3) is 0.412. The SMILES string of the molecule is Clc1nc(CNCCc2ccccc2)cc(N2CCOCC2)n1. The van der Waals surface area contributed by atoms with Gasteiger partial charge in [-0.2, -0.15) is 0 Å². The fourth-order valence-electron chi connectivity index (χ4n) is 2.59. The largest absolute Gasteiger partial charge is 0.378 e. The van der Waals surface area contributed by atoms with Crippen molar-refractivity contribution in [2.45, 2.75) is 13.0 Å². The van der Waals surface area contributed by atoms with Gasteiger partial charge in [0.25, 0.3) is 0 Å². The Hall–Kier alpha value is -1.69. The molecule has 1 aliphatic heterocycles. The number of nitrogens with zero attached hydrogens (tertiary/aromatic N) is 3. The second-order valence-electron chi connectivity index (χ2n) is 5.50. The molecule has 1 fully saturated rings. The first-order valence-corrected chi connectivity index (χ1v) is 8.30. The maximum Gasteiger partial charge on any atom is 0.224 e. The predicted octanol–water partition coefficient (Wildman–Crippen LogP) is 2.30. The molecule has 0 radical (unpaired) electrons. The van der Waals surface area contributed by atoms with Gasteiger partial charge in [0, 0.05) is 25.7 Å². The number of nitrogens with one attached hydrogen (secondary N) is 1. The highest BCUT2D eigenvalue weighted by molar-refractivity contribution is 6.28. The van der Waals surface area contributed by atoms with Gasteiger partial charge in [0.15, 0.2) is 0 Å². The summed E-state index contributed by atoms with van der Waals surface area (Å²) in [5.41, 5.74) is 2.24. The van der Waals surface area contributed by atoms with Gasteiger partial charge >= 0.3 is 0 Å². The van der Waals surface area contributed by atoms with Crippen molar-refractivity contribution in [3.8, 4) is 0 Å².